The van der Waals surface area contributed by atoms with Crippen molar-refractivity contribution < 1.29 is 34.3 Å². The molecule has 0 aliphatic carbocycles. The van der Waals surface area contributed by atoms with Crippen molar-refractivity contribution in [3.05, 3.63) is 18.2 Å². The summed E-state index contributed by atoms with van der Waals surface area (Å²) in [5, 5.41) is 26.6. The van der Waals surface area contributed by atoms with E-state index in [-0.39, 0.29) is 12.8 Å². The average molecular weight is 386 g/mol. The van der Waals surface area contributed by atoms with Crippen LogP contribution in [0.1, 0.15) is 31.4 Å². The maximum Gasteiger partial charge on any atom is 0.320 e. The van der Waals surface area contributed by atoms with Crippen LogP contribution in [-0.2, 0) is 33.9 Å². The van der Waals surface area contributed by atoms with E-state index < -0.39 is 36.0 Å². The quantitative estimate of drug-likeness (QED) is 0.210. The van der Waals surface area contributed by atoms with Crippen molar-refractivity contribution in [2.24, 2.45) is 17.2 Å². The molecule has 0 saturated carbocycles. The van der Waals surface area contributed by atoms with Crippen molar-refractivity contribution in [3.8, 4) is 0 Å². The Balaban J connectivity index is 2.75. The first-order valence-corrected chi connectivity index (χ1v) is 8.65. The van der Waals surface area contributed by atoms with Crippen molar-refractivity contribution in [2.45, 2.75) is 63.3 Å². The van der Waals surface area contributed by atoms with Crippen LogP contribution in [0.4, 0.5) is 0 Å². The molecule has 0 aromatic carbocycles. The summed E-state index contributed by atoms with van der Waals surface area (Å²) in [6, 6.07) is -2.94. The van der Waals surface area contributed by atoms with Crippen molar-refractivity contribution in [1.82, 2.24) is 4.57 Å². The number of hydrogen-bond donors (Lipinski definition) is 6. The van der Waals surface area contributed by atoms with E-state index in [2.05, 4.69) is 0 Å². The predicted molar refractivity (Wildman–Crippen MR) is 93.6 cm³/mol. The van der Waals surface area contributed by atoms with Crippen molar-refractivity contribution >= 4 is 17.9 Å². The van der Waals surface area contributed by atoms with E-state index in [4.69, 9.17) is 32.5 Å². The van der Waals surface area contributed by atoms with E-state index in [0.717, 1.165) is 0 Å². The molecule has 1 rings (SSSR count). The lowest BCUT2D eigenvalue weighted by molar-refractivity contribution is -0.697. The Kier molecular flexibility index (Phi) is 8.85. The second-order valence-corrected chi connectivity index (χ2v) is 6.49. The Morgan fingerprint density at radius 1 is 0.926 bits per heavy atom. The van der Waals surface area contributed by atoms with Gasteiger partial charge in [0.1, 0.15) is 30.0 Å². The summed E-state index contributed by atoms with van der Waals surface area (Å²) in [5.41, 5.74) is 17.3. The monoisotopic (exact) mass is 386 g/mol. The van der Waals surface area contributed by atoms with Gasteiger partial charge in [-0.25, -0.2) is 9.13 Å². The van der Waals surface area contributed by atoms with Crippen LogP contribution in [-0.4, -0.2) is 55.9 Å². The second-order valence-electron chi connectivity index (χ2n) is 6.49. The number of rotatable bonds is 13. The number of hydrogen-bond acceptors (Lipinski definition) is 6. The molecular weight excluding hydrogens is 358 g/mol. The first-order valence-electron chi connectivity index (χ1n) is 8.65. The van der Waals surface area contributed by atoms with Gasteiger partial charge in [0.25, 0.3) is 0 Å². The van der Waals surface area contributed by atoms with Gasteiger partial charge in [-0.1, -0.05) is 0 Å². The largest absolute Gasteiger partial charge is 0.480 e. The highest BCUT2D eigenvalue weighted by atomic mass is 16.4. The molecule has 1 aromatic heterocycles. The van der Waals surface area contributed by atoms with Gasteiger partial charge in [0.05, 0.1) is 13.1 Å². The van der Waals surface area contributed by atoms with Crippen LogP contribution < -0.4 is 21.8 Å². The molecule has 3 atom stereocenters. The van der Waals surface area contributed by atoms with Gasteiger partial charge in [0.2, 0.25) is 6.33 Å². The lowest BCUT2D eigenvalue weighted by Crippen LogP contribution is -2.35. The molecule has 0 radical (unpaired) electrons. The minimum Gasteiger partial charge on any atom is -0.480 e. The van der Waals surface area contributed by atoms with Crippen molar-refractivity contribution in [1.29, 1.82) is 0 Å². The van der Waals surface area contributed by atoms with Crippen LogP contribution in [0.25, 0.3) is 0 Å². The SMILES string of the molecule is N[C@@H](CCCn1c[n+](CCC[C@H](N)C(=O)O)cc1C[C@H](N)C(=O)O)C(=O)O. The highest BCUT2D eigenvalue weighted by Crippen LogP contribution is 2.07. The van der Waals surface area contributed by atoms with E-state index in [0.29, 0.717) is 38.0 Å². The number of carboxylic acid groups (broad SMARTS) is 3. The standard InChI is InChI=1S/C16H27N5O6/c17-11(14(22)23)3-1-5-20-8-10(7-13(19)16(26)27)21(9-20)6-2-4-12(18)15(24)25/h8-9,11-13H,1-7,17-19H2,(H2-,22,23,24,25,26,27)/p+1/t11-,12-,13-/m0/s1. The Labute approximate surface area is 156 Å². The third-order valence-electron chi connectivity index (χ3n) is 4.20. The molecule has 11 heteroatoms. The molecule has 0 bridgehead atoms. The minimum absolute atomic E-state index is 0.113. The Morgan fingerprint density at radius 2 is 1.44 bits per heavy atom. The highest BCUT2D eigenvalue weighted by Gasteiger charge is 2.21. The fourth-order valence-electron chi connectivity index (χ4n) is 2.58. The van der Waals surface area contributed by atoms with E-state index in [1.807, 2.05) is 9.13 Å². The summed E-state index contributed by atoms with van der Waals surface area (Å²) in [6.07, 6.45) is 5.27. The number of nitrogens with two attached hydrogens (primary N) is 3. The van der Waals surface area contributed by atoms with Gasteiger partial charge >= 0.3 is 17.9 Å². The van der Waals surface area contributed by atoms with Gasteiger partial charge in [-0.3, -0.25) is 14.4 Å². The molecule has 0 spiro atoms. The molecule has 0 unspecified atom stereocenters. The van der Waals surface area contributed by atoms with Gasteiger partial charge in [-0.2, -0.15) is 0 Å². The zero-order chi connectivity index (χ0) is 20.6. The number of carboxylic acids is 3. The zero-order valence-electron chi connectivity index (χ0n) is 15.0. The topological polar surface area (TPSA) is 199 Å². The molecule has 0 amide bonds. The number of aryl methyl sites for hydroxylation is 2. The maximum absolute atomic E-state index is 11.0. The van der Waals surface area contributed by atoms with Crippen molar-refractivity contribution in [3.63, 3.8) is 0 Å². The van der Waals surface area contributed by atoms with Gasteiger partial charge in [-0.05, 0) is 25.7 Å². The fourth-order valence-corrected chi connectivity index (χ4v) is 2.58. The summed E-state index contributed by atoms with van der Waals surface area (Å²) in [6.45, 7) is 0.974. The normalized spacial score (nSPS) is 14.5. The maximum atomic E-state index is 11.0. The Hall–Kier alpha value is -2.50. The zero-order valence-corrected chi connectivity index (χ0v) is 15.0. The van der Waals surface area contributed by atoms with Crippen LogP contribution in [0.15, 0.2) is 12.5 Å². The van der Waals surface area contributed by atoms with E-state index in [1.54, 1.807) is 12.5 Å². The van der Waals surface area contributed by atoms with E-state index >= 15 is 0 Å². The van der Waals surface area contributed by atoms with Crippen molar-refractivity contribution in [2.75, 3.05) is 0 Å². The minimum atomic E-state index is -1.12. The van der Waals surface area contributed by atoms with Crippen LogP contribution >= 0.6 is 0 Å². The molecule has 1 heterocycles. The predicted octanol–water partition coefficient (Wildman–Crippen LogP) is -1.89. The number of aromatic nitrogens is 2. The van der Waals surface area contributed by atoms with Gasteiger partial charge in [-0.15, -0.1) is 0 Å². The Bertz CT molecular complexity index is 662. The van der Waals surface area contributed by atoms with Crippen LogP contribution in [0.3, 0.4) is 0 Å². The van der Waals surface area contributed by atoms with Gasteiger partial charge in [0, 0.05) is 6.42 Å². The second kappa shape index (κ2) is 10.6. The summed E-state index contributed by atoms with van der Waals surface area (Å²) < 4.78 is 3.63. The van der Waals surface area contributed by atoms with Gasteiger partial charge in [0.15, 0.2) is 0 Å². The van der Waals surface area contributed by atoms with Crippen LogP contribution in [0.5, 0.6) is 0 Å². The molecule has 9 N–H and O–H groups in total. The fraction of sp³-hybridized carbons (Fsp3) is 0.625. The van der Waals surface area contributed by atoms with Crippen LogP contribution in [0.2, 0.25) is 0 Å². The lowest BCUT2D eigenvalue weighted by Gasteiger charge is -2.07. The lowest BCUT2D eigenvalue weighted by atomic mass is 10.1. The molecule has 27 heavy (non-hydrogen) atoms. The number of imidazole rings is 1. The third-order valence-corrected chi connectivity index (χ3v) is 4.20. The summed E-state index contributed by atoms with van der Waals surface area (Å²) in [4.78, 5) is 32.6. The molecule has 1 aromatic rings. The molecule has 0 fully saturated rings. The molecule has 0 aliphatic rings. The van der Waals surface area contributed by atoms with E-state index in [1.165, 1.54) is 0 Å². The van der Waals surface area contributed by atoms with Gasteiger partial charge < -0.3 is 32.5 Å². The molecule has 152 valence electrons. The molecular formula is C16H28N5O6+. The molecule has 11 nitrogen and oxygen atoms in total. The highest BCUT2D eigenvalue weighted by molar-refractivity contribution is 5.73. The first-order chi connectivity index (χ1) is 12.6. The molecule has 0 aliphatic heterocycles. The molecule has 0 saturated heterocycles. The number of carbonyl (C=O) groups is 3. The first kappa shape index (κ1) is 22.5. The summed E-state index contributed by atoms with van der Waals surface area (Å²) >= 11 is 0. The van der Waals surface area contributed by atoms with E-state index in [9.17, 15) is 14.4 Å². The smallest absolute Gasteiger partial charge is 0.320 e. The van der Waals surface area contributed by atoms with Crippen LogP contribution in [0, 0.1) is 0 Å². The third kappa shape index (κ3) is 7.72. The number of nitrogens with zero attached hydrogens (tertiary/aromatic N) is 2. The number of aliphatic carboxylic acids is 3. The Morgan fingerprint density at radius 3 is 1.96 bits per heavy atom. The summed E-state index contributed by atoms with van der Waals surface area (Å²) in [7, 11) is 0. The average Bonchev–Trinajstić information content (AvgIpc) is 2.95. The summed E-state index contributed by atoms with van der Waals surface area (Å²) in [5.74, 6) is -3.24.